The van der Waals surface area contributed by atoms with Gasteiger partial charge >= 0.3 is 0 Å². The fourth-order valence-corrected chi connectivity index (χ4v) is 7.52. The van der Waals surface area contributed by atoms with Crippen LogP contribution in [-0.4, -0.2) is 70.8 Å². The summed E-state index contributed by atoms with van der Waals surface area (Å²) in [5, 5.41) is 12.4. The molecule has 0 unspecified atom stereocenters. The number of halogens is 2. The van der Waals surface area contributed by atoms with Crippen molar-refractivity contribution in [3.8, 4) is 5.75 Å². The van der Waals surface area contributed by atoms with Gasteiger partial charge in [0.25, 0.3) is 11.8 Å². The van der Waals surface area contributed by atoms with Crippen molar-refractivity contribution >= 4 is 33.0 Å². The quantitative estimate of drug-likeness (QED) is 0.415. The number of nitrogens with zero attached hydrogens (tertiary/aromatic N) is 2. The minimum atomic E-state index is -3.92. The molecule has 3 aliphatic heterocycles. The second-order valence-corrected chi connectivity index (χ2v) is 14.0. The first-order chi connectivity index (χ1) is 20.0. The molecule has 0 aromatic heterocycles. The molecule has 2 saturated heterocycles. The molecule has 1 spiro atoms. The number of fused-ring (bicyclic) bond motifs is 1. The number of anilines is 3. The Morgan fingerprint density at radius 2 is 1.67 bits per heavy atom. The molecule has 3 fully saturated rings. The first-order valence-corrected chi connectivity index (χ1v) is 16.2. The Kier molecular flexibility index (Phi) is 7.59. The molecule has 2 aromatic carbocycles. The highest BCUT2D eigenvalue weighted by molar-refractivity contribution is 7.89. The Morgan fingerprint density at radius 3 is 2.33 bits per heavy atom. The Morgan fingerprint density at radius 1 is 1.00 bits per heavy atom. The summed E-state index contributed by atoms with van der Waals surface area (Å²) in [7, 11) is -3.92. The Bertz CT molecular complexity index is 1460. The highest BCUT2D eigenvalue weighted by Crippen LogP contribution is 2.54. The van der Waals surface area contributed by atoms with Gasteiger partial charge in [-0.2, -0.15) is 0 Å². The molecular weight excluding hydrogens is 566 g/mol. The van der Waals surface area contributed by atoms with Crippen LogP contribution in [0.4, 0.5) is 25.8 Å². The van der Waals surface area contributed by atoms with Gasteiger partial charge in [-0.25, -0.2) is 21.9 Å². The number of nitrogens with one attached hydrogen (secondary N) is 2. The zero-order valence-corrected chi connectivity index (χ0v) is 24.6. The van der Waals surface area contributed by atoms with Crippen LogP contribution in [0.3, 0.4) is 0 Å². The zero-order chi connectivity index (χ0) is 29.7. The summed E-state index contributed by atoms with van der Waals surface area (Å²) < 4.78 is 62.1. The predicted octanol–water partition coefficient (Wildman–Crippen LogP) is 4.15. The van der Waals surface area contributed by atoms with Crippen molar-refractivity contribution in [2.75, 3.05) is 54.5 Å². The number of benzene rings is 2. The SMILES string of the molecule is C[C@H](CO)NS(=O)(=O)c1ccc(C(=O)Nc2cc3c(c(N4CCC(F)(F)CC4)c2)OCC3)c(N2CCC3(CC2)CC3)c1. The fourth-order valence-electron chi connectivity index (χ4n) is 6.27. The van der Waals surface area contributed by atoms with Crippen LogP contribution >= 0.6 is 0 Å². The van der Waals surface area contributed by atoms with E-state index in [1.807, 2.05) is 11.0 Å². The highest BCUT2D eigenvalue weighted by atomic mass is 32.2. The van der Waals surface area contributed by atoms with E-state index in [4.69, 9.17) is 4.74 Å². The maximum atomic E-state index is 13.9. The Labute approximate surface area is 245 Å². The maximum Gasteiger partial charge on any atom is 0.257 e. The molecule has 0 radical (unpaired) electrons. The largest absolute Gasteiger partial charge is 0.491 e. The molecule has 9 nitrogen and oxygen atoms in total. The second-order valence-electron chi connectivity index (χ2n) is 12.3. The van der Waals surface area contributed by atoms with Crippen LogP contribution in [0, 0.1) is 5.41 Å². The van der Waals surface area contributed by atoms with Gasteiger partial charge < -0.3 is 25.0 Å². The molecule has 1 saturated carbocycles. The summed E-state index contributed by atoms with van der Waals surface area (Å²) in [5.74, 6) is -2.38. The van der Waals surface area contributed by atoms with Crippen molar-refractivity contribution in [2.45, 2.75) is 68.7 Å². The molecule has 6 rings (SSSR count). The van der Waals surface area contributed by atoms with E-state index >= 15 is 0 Å². The van der Waals surface area contributed by atoms with Crippen molar-refractivity contribution in [1.82, 2.24) is 4.72 Å². The number of alkyl halides is 2. The second kappa shape index (κ2) is 10.9. The lowest BCUT2D eigenvalue weighted by atomic mass is 9.93. The smallest absolute Gasteiger partial charge is 0.257 e. The molecule has 2 aromatic rings. The molecule has 0 bridgehead atoms. The Hall–Kier alpha value is -2.96. The Balaban J connectivity index is 1.30. The van der Waals surface area contributed by atoms with Gasteiger partial charge in [-0.15, -0.1) is 0 Å². The average molecular weight is 605 g/mol. The van der Waals surface area contributed by atoms with E-state index in [9.17, 15) is 27.1 Å². The molecule has 3 N–H and O–H groups in total. The lowest BCUT2D eigenvalue weighted by Gasteiger charge is -2.35. The minimum absolute atomic E-state index is 0.0277. The van der Waals surface area contributed by atoms with E-state index < -0.39 is 22.0 Å². The highest BCUT2D eigenvalue weighted by Gasteiger charge is 2.45. The first kappa shape index (κ1) is 29.1. The number of aliphatic hydroxyl groups excluding tert-OH is 1. The maximum absolute atomic E-state index is 13.9. The molecule has 1 atom stereocenters. The zero-order valence-electron chi connectivity index (χ0n) is 23.8. The molecule has 3 heterocycles. The third-order valence-electron chi connectivity index (χ3n) is 9.13. The van der Waals surface area contributed by atoms with Gasteiger partial charge in [0, 0.05) is 62.7 Å². The van der Waals surface area contributed by atoms with Crippen molar-refractivity contribution in [3.63, 3.8) is 0 Å². The number of aliphatic hydroxyl groups is 1. The van der Waals surface area contributed by atoms with Gasteiger partial charge in [-0.05, 0) is 68.4 Å². The third kappa shape index (κ3) is 5.93. The van der Waals surface area contributed by atoms with Crippen LogP contribution in [0.25, 0.3) is 0 Å². The van der Waals surface area contributed by atoms with Gasteiger partial charge in [-0.3, -0.25) is 4.79 Å². The van der Waals surface area contributed by atoms with E-state index in [0.29, 0.717) is 46.8 Å². The number of amides is 1. The van der Waals surface area contributed by atoms with Gasteiger partial charge in [0.15, 0.2) is 0 Å². The van der Waals surface area contributed by atoms with Gasteiger partial charge in [-0.1, -0.05) is 0 Å². The molecule has 228 valence electrons. The van der Waals surface area contributed by atoms with E-state index in [2.05, 4.69) is 14.9 Å². The van der Waals surface area contributed by atoms with Crippen LogP contribution in [0.15, 0.2) is 35.2 Å². The standard InChI is InChI=1S/C30H38F2N4O5S/c1-20(19-37)34-42(39,40)23-2-3-24(25(18-23)35-11-7-29(5-6-29)8-12-35)28(38)33-22-16-21-4-15-41-27(21)26(17-22)36-13-9-30(31,32)10-14-36/h2-3,16-18,20,34,37H,4-15,19H2,1H3,(H,33,38)/t20-/m1/s1. The normalized spacial score (nSPS) is 21.5. The van der Waals surface area contributed by atoms with Crippen molar-refractivity contribution in [2.24, 2.45) is 5.41 Å². The summed E-state index contributed by atoms with van der Waals surface area (Å²) in [6, 6.07) is 7.47. The van der Waals surface area contributed by atoms with Gasteiger partial charge in [0.05, 0.1) is 35.0 Å². The minimum Gasteiger partial charge on any atom is -0.491 e. The summed E-state index contributed by atoms with van der Waals surface area (Å²) in [4.78, 5) is 17.8. The van der Waals surface area contributed by atoms with E-state index in [1.54, 1.807) is 19.1 Å². The number of piperidine rings is 2. The number of carbonyl (C=O) groups is 1. The fraction of sp³-hybridized carbons (Fsp3) is 0.567. The number of hydrogen-bond acceptors (Lipinski definition) is 7. The van der Waals surface area contributed by atoms with Crippen LogP contribution in [0.1, 0.15) is 61.4 Å². The van der Waals surface area contributed by atoms with Gasteiger partial charge in [0.2, 0.25) is 10.0 Å². The number of ether oxygens (including phenoxy) is 1. The third-order valence-corrected chi connectivity index (χ3v) is 10.7. The number of sulfonamides is 1. The predicted molar refractivity (Wildman–Crippen MR) is 156 cm³/mol. The molecule has 4 aliphatic rings. The van der Waals surface area contributed by atoms with Crippen LogP contribution in [0.2, 0.25) is 0 Å². The lowest BCUT2D eigenvalue weighted by Crippen LogP contribution is -2.39. The summed E-state index contributed by atoms with van der Waals surface area (Å²) in [6.45, 7) is 3.57. The monoisotopic (exact) mass is 604 g/mol. The average Bonchev–Trinajstić information content (AvgIpc) is 3.54. The summed E-state index contributed by atoms with van der Waals surface area (Å²) in [5.41, 5.74) is 3.44. The van der Waals surface area contributed by atoms with E-state index in [0.717, 1.165) is 31.5 Å². The summed E-state index contributed by atoms with van der Waals surface area (Å²) in [6.07, 6.45) is 4.60. The summed E-state index contributed by atoms with van der Waals surface area (Å²) >= 11 is 0. The number of carbonyl (C=O) groups excluding carboxylic acids is 1. The van der Waals surface area contributed by atoms with E-state index in [-0.39, 0.29) is 43.3 Å². The van der Waals surface area contributed by atoms with Crippen LogP contribution in [-0.2, 0) is 16.4 Å². The van der Waals surface area contributed by atoms with Crippen LogP contribution in [0.5, 0.6) is 5.75 Å². The molecule has 1 aliphatic carbocycles. The number of hydrogen-bond donors (Lipinski definition) is 3. The topological polar surface area (TPSA) is 111 Å². The molecule has 42 heavy (non-hydrogen) atoms. The molecule has 1 amide bonds. The van der Waals surface area contributed by atoms with Gasteiger partial charge in [0.1, 0.15) is 5.75 Å². The van der Waals surface area contributed by atoms with Crippen molar-refractivity contribution in [3.05, 3.63) is 41.5 Å². The first-order valence-electron chi connectivity index (χ1n) is 14.7. The van der Waals surface area contributed by atoms with Crippen molar-refractivity contribution < 1.29 is 31.8 Å². The lowest BCUT2D eigenvalue weighted by molar-refractivity contribution is -0.0221. The van der Waals surface area contributed by atoms with Crippen LogP contribution < -0.4 is 24.6 Å². The molecular formula is C30H38F2N4O5S. The van der Waals surface area contributed by atoms with Crippen molar-refractivity contribution in [1.29, 1.82) is 0 Å². The molecule has 12 heteroatoms. The van der Waals surface area contributed by atoms with E-state index in [1.165, 1.54) is 25.0 Å². The number of rotatable bonds is 8.